The first-order valence-corrected chi connectivity index (χ1v) is 7.23. The van der Waals surface area contributed by atoms with Crippen LogP contribution in [0.4, 0.5) is 0 Å². The van der Waals surface area contributed by atoms with Gasteiger partial charge in [0.1, 0.15) is 0 Å². The van der Waals surface area contributed by atoms with Crippen molar-refractivity contribution in [1.29, 1.82) is 0 Å². The van der Waals surface area contributed by atoms with E-state index in [2.05, 4.69) is 10.6 Å². The first kappa shape index (κ1) is 13.8. The molecule has 18 heavy (non-hydrogen) atoms. The largest absolute Gasteiger partial charge is 0.385 e. The molecule has 0 spiro atoms. The predicted molar refractivity (Wildman–Crippen MR) is 71.4 cm³/mol. The molecule has 2 aliphatic rings. The Morgan fingerprint density at radius 3 is 2.67 bits per heavy atom. The second-order valence-electron chi connectivity index (χ2n) is 5.90. The molecular formula is C14H26N2O2. The number of nitrogens with one attached hydrogen (secondary N) is 2. The molecule has 4 nitrogen and oxygen atoms in total. The molecule has 2 fully saturated rings. The van der Waals surface area contributed by atoms with E-state index >= 15 is 0 Å². The van der Waals surface area contributed by atoms with Crippen LogP contribution in [0.25, 0.3) is 0 Å². The summed E-state index contributed by atoms with van der Waals surface area (Å²) < 4.78 is 5.13. The number of hydrogen-bond donors (Lipinski definition) is 2. The maximum absolute atomic E-state index is 11.7. The summed E-state index contributed by atoms with van der Waals surface area (Å²) in [6.45, 7) is 2.25. The molecule has 4 heteroatoms. The van der Waals surface area contributed by atoms with Gasteiger partial charge in [-0.05, 0) is 37.5 Å². The predicted octanol–water partition coefficient (Wildman–Crippen LogP) is 1.45. The van der Waals surface area contributed by atoms with Gasteiger partial charge in [0.2, 0.25) is 5.91 Å². The van der Waals surface area contributed by atoms with Gasteiger partial charge >= 0.3 is 0 Å². The summed E-state index contributed by atoms with van der Waals surface area (Å²) in [6.07, 6.45) is 8.49. The highest BCUT2D eigenvalue weighted by Gasteiger charge is 2.41. The Morgan fingerprint density at radius 2 is 2.06 bits per heavy atom. The zero-order valence-electron chi connectivity index (χ0n) is 11.5. The van der Waals surface area contributed by atoms with Crippen molar-refractivity contribution >= 4 is 5.91 Å². The van der Waals surface area contributed by atoms with E-state index in [0.717, 1.165) is 32.4 Å². The van der Waals surface area contributed by atoms with Crippen molar-refractivity contribution in [2.24, 2.45) is 5.41 Å². The number of rotatable bonds is 8. The monoisotopic (exact) mass is 254 g/mol. The summed E-state index contributed by atoms with van der Waals surface area (Å²) >= 11 is 0. The summed E-state index contributed by atoms with van der Waals surface area (Å²) in [5.74, 6) is 0.157. The lowest BCUT2D eigenvalue weighted by Gasteiger charge is -2.16. The SMILES string of the molecule is COCCC1(CNCC(=O)NC2CCCC2)CC1. The van der Waals surface area contributed by atoms with E-state index in [0.29, 0.717) is 18.0 Å². The summed E-state index contributed by atoms with van der Waals surface area (Å²) in [5, 5.41) is 6.41. The molecule has 1 amide bonds. The zero-order chi connectivity index (χ0) is 12.8. The Labute approximate surface area is 110 Å². The molecule has 0 bridgehead atoms. The third-order valence-electron chi connectivity index (χ3n) is 4.30. The van der Waals surface area contributed by atoms with E-state index in [9.17, 15) is 4.79 Å². The molecule has 0 atom stereocenters. The van der Waals surface area contributed by atoms with E-state index in [1.807, 2.05) is 0 Å². The van der Waals surface area contributed by atoms with Crippen molar-refractivity contribution in [3.05, 3.63) is 0 Å². The number of carbonyl (C=O) groups excluding carboxylic acids is 1. The molecule has 0 unspecified atom stereocenters. The van der Waals surface area contributed by atoms with Crippen LogP contribution in [0.5, 0.6) is 0 Å². The van der Waals surface area contributed by atoms with E-state index in [1.54, 1.807) is 7.11 Å². The lowest BCUT2D eigenvalue weighted by atomic mass is 10.0. The molecular weight excluding hydrogens is 228 g/mol. The summed E-state index contributed by atoms with van der Waals surface area (Å²) in [6, 6.07) is 0.433. The fourth-order valence-electron chi connectivity index (χ4n) is 2.80. The van der Waals surface area contributed by atoms with Gasteiger partial charge in [-0.2, -0.15) is 0 Å². The minimum atomic E-state index is 0.157. The number of ether oxygens (including phenoxy) is 1. The van der Waals surface area contributed by atoms with E-state index in [-0.39, 0.29) is 5.91 Å². The molecule has 0 heterocycles. The van der Waals surface area contributed by atoms with Crippen molar-refractivity contribution < 1.29 is 9.53 Å². The number of amides is 1. The van der Waals surface area contributed by atoms with Gasteiger partial charge in [-0.3, -0.25) is 4.79 Å². The minimum absolute atomic E-state index is 0.157. The van der Waals surface area contributed by atoms with Gasteiger partial charge in [-0.25, -0.2) is 0 Å². The third kappa shape index (κ3) is 4.25. The standard InChI is InChI=1S/C14H26N2O2/c1-18-9-8-14(6-7-14)11-15-10-13(17)16-12-4-2-3-5-12/h12,15H,2-11H2,1H3,(H,16,17). The fourth-order valence-corrected chi connectivity index (χ4v) is 2.80. The van der Waals surface area contributed by atoms with Crippen molar-refractivity contribution in [2.75, 3.05) is 26.8 Å². The molecule has 2 aliphatic carbocycles. The topological polar surface area (TPSA) is 50.4 Å². The van der Waals surface area contributed by atoms with Crippen LogP contribution in [0, 0.1) is 5.41 Å². The number of carbonyl (C=O) groups is 1. The Morgan fingerprint density at radius 1 is 1.33 bits per heavy atom. The van der Waals surface area contributed by atoms with E-state index in [4.69, 9.17) is 4.74 Å². The second kappa shape index (κ2) is 6.53. The van der Waals surface area contributed by atoms with Crippen LogP contribution in [0.15, 0.2) is 0 Å². The van der Waals surface area contributed by atoms with Crippen molar-refractivity contribution in [3.8, 4) is 0 Å². The lowest BCUT2D eigenvalue weighted by molar-refractivity contribution is -0.120. The maximum Gasteiger partial charge on any atom is 0.234 e. The average Bonchev–Trinajstić information content (AvgIpc) is 2.93. The Hall–Kier alpha value is -0.610. The first-order chi connectivity index (χ1) is 8.74. The number of methoxy groups -OCH3 is 1. The lowest BCUT2D eigenvalue weighted by Crippen LogP contribution is -2.40. The van der Waals surface area contributed by atoms with Gasteiger partial charge in [-0.1, -0.05) is 12.8 Å². The van der Waals surface area contributed by atoms with Crippen LogP contribution in [-0.2, 0) is 9.53 Å². The van der Waals surface area contributed by atoms with Crippen molar-refractivity contribution in [1.82, 2.24) is 10.6 Å². The Bertz CT molecular complexity index is 271. The van der Waals surface area contributed by atoms with Gasteiger partial charge in [-0.15, -0.1) is 0 Å². The molecule has 2 N–H and O–H groups in total. The molecule has 2 saturated carbocycles. The second-order valence-corrected chi connectivity index (χ2v) is 5.90. The summed E-state index contributed by atoms with van der Waals surface area (Å²) in [7, 11) is 1.75. The minimum Gasteiger partial charge on any atom is -0.385 e. The molecule has 0 saturated heterocycles. The van der Waals surface area contributed by atoms with Crippen molar-refractivity contribution in [3.63, 3.8) is 0 Å². The highest BCUT2D eigenvalue weighted by atomic mass is 16.5. The Balaban J connectivity index is 1.55. The van der Waals surface area contributed by atoms with Crippen LogP contribution < -0.4 is 10.6 Å². The van der Waals surface area contributed by atoms with E-state index in [1.165, 1.54) is 25.7 Å². The van der Waals surface area contributed by atoms with Gasteiger partial charge < -0.3 is 15.4 Å². The van der Waals surface area contributed by atoms with Crippen LogP contribution in [0.1, 0.15) is 44.9 Å². The first-order valence-electron chi connectivity index (χ1n) is 7.23. The summed E-state index contributed by atoms with van der Waals surface area (Å²) in [5.41, 5.74) is 0.420. The molecule has 0 radical (unpaired) electrons. The molecule has 0 aromatic rings. The van der Waals surface area contributed by atoms with Crippen molar-refractivity contribution in [2.45, 2.75) is 51.0 Å². The molecule has 0 aromatic carbocycles. The van der Waals surface area contributed by atoms with Gasteiger partial charge in [0.25, 0.3) is 0 Å². The Kier molecular flexibility index (Phi) is 5.01. The highest BCUT2D eigenvalue weighted by molar-refractivity contribution is 5.78. The van der Waals surface area contributed by atoms with Crippen LogP contribution in [-0.4, -0.2) is 38.8 Å². The van der Waals surface area contributed by atoms with Gasteiger partial charge in [0, 0.05) is 26.3 Å². The molecule has 104 valence electrons. The number of hydrogen-bond acceptors (Lipinski definition) is 3. The third-order valence-corrected chi connectivity index (χ3v) is 4.30. The fraction of sp³-hybridized carbons (Fsp3) is 0.929. The quantitative estimate of drug-likeness (QED) is 0.689. The normalized spacial score (nSPS) is 22.1. The van der Waals surface area contributed by atoms with Crippen LogP contribution in [0.2, 0.25) is 0 Å². The molecule has 0 aliphatic heterocycles. The highest BCUT2D eigenvalue weighted by Crippen LogP contribution is 2.48. The summed E-state index contributed by atoms with van der Waals surface area (Å²) in [4.78, 5) is 11.7. The van der Waals surface area contributed by atoms with Crippen LogP contribution in [0.3, 0.4) is 0 Å². The molecule has 0 aromatic heterocycles. The van der Waals surface area contributed by atoms with E-state index < -0.39 is 0 Å². The van der Waals surface area contributed by atoms with Crippen LogP contribution >= 0.6 is 0 Å². The molecule has 2 rings (SSSR count). The zero-order valence-corrected chi connectivity index (χ0v) is 11.5. The maximum atomic E-state index is 11.7. The smallest absolute Gasteiger partial charge is 0.234 e. The van der Waals surface area contributed by atoms with Gasteiger partial charge in [0.05, 0.1) is 6.54 Å². The van der Waals surface area contributed by atoms with Gasteiger partial charge in [0.15, 0.2) is 0 Å². The average molecular weight is 254 g/mol.